The molecule has 53 heavy (non-hydrogen) atoms. The molecule has 0 aromatic heterocycles. The highest BCUT2D eigenvalue weighted by Gasteiger charge is 2.27. The van der Waals surface area contributed by atoms with Gasteiger partial charge in [-0.1, -0.05) is 147 Å². The summed E-state index contributed by atoms with van der Waals surface area (Å²) < 4.78 is 34.2. The van der Waals surface area contributed by atoms with Crippen molar-refractivity contribution in [2.75, 3.05) is 47.5 Å². The van der Waals surface area contributed by atoms with Crippen LogP contribution in [0.15, 0.2) is 36.5 Å². The summed E-state index contributed by atoms with van der Waals surface area (Å²) >= 11 is 0. The standard InChI is InChI=1S/C43H80NO8P/c1-6-8-10-12-14-16-18-20-21-22-23-24-26-27-29-31-33-35-42(45)49-39-41(40-51-53(47,48)50-38-37-44(3,4)5)52-43(46)36-34-32-30-28-25-19-17-15-13-11-9-7-2/h14,16,20-21,23-24,41H,6-13,15,17-19,22,25-40H2,1-5H3/p+1/b16-14+,21-20+,24-23+/t41-/m0/s1. The maximum Gasteiger partial charge on any atom is 0.472 e. The summed E-state index contributed by atoms with van der Waals surface area (Å²) in [6.45, 7) is 4.36. The quantitative estimate of drug-likeness (QED) is 0.0217. The molecule has 0 spiro atoms. The Balaban J connectivity index is 4.41. The van der Waals surface area contributed by atoms with Gasteiger partial charge >= 0.3 is 19.8 Å². The summed E-state index contributed by atoms with van der Waals surface area (Å²) in [7, 11) is 1.46. The van der Waals surface area contributed by atoms with E-state index in [0.717, 1.165) is 51.4 Å². The van der Waals surface area contributed by atoms with Crippen molar-refractivity contribution >= 4 is 19.8 Å². The second-order valence-corrected chi connectivity index (χ2v) is 16.8. The molecule has 0 rings (SSSR count). The van der Waals surface area contributed by atoms with Crippen molar-refractivity contribution in [2.45, 2.75) is 180 Å². The predicted octanol–water partition coefficient (Wildman–Crippen LogP) is 11.7. The van der Waals surface area contributed by atoms with E-state index in [2.05, 4.69) is 50.3 Å². The maximum atomic E-state index is 12.6. The molecular weight excluding hydrogens is 689 g/mol. The Labute approximate surface area is 325 Å². The van der Waals surface area contributed by atoms with Gasteiger partial charge in [-0.05, 0) is 51.4 Å². The summed E-state index contributed by atoms with van der Waals surface area (Å²) in [4.78, 5) is 35.3. The molecule has 310 valence electrons. The van der Waals surface area contributed by atoms with Gasteiger partial charge in [0.15, 0.2) is 6.10 Å². The number of likely N-dealkylation sites (N-methyl/N-ethyl adjacent to an activating group) is 1. The van der Waals surface area contributed by atoms with Crippen LogP contribution in [0.4, 0.5) is 0 Å². The van der Waals surface area contributed by atoms with E-state index in [4.69, 9.17) is 18.5 Å². The molecule has 0 fully saturated rings. The summed E-state index contributed by atoms with van der Waals surface area (Å²) in [5.74, 6) is -0.822. The van der Waals surface area contributed by atoms with Crippen molar-refractivity contribution < 1.29 is 42.1 Å². The minimum atomic E-state index is -4.37. The third kappa shape index (κ3) is 39.7. The zero-order chi connectivity index (χ0) is 39.3. The van der Waals surface area contributed by atoms with E-state index in [-0.39, 0.29) is 32.0 Å². The van der Waals surface area contributed by atoms with Gasteiger partial charge in [-0.3, -0.25) is 18.6 Å². The number of nitrogens with zero attached hydrogens (tertiary/aromatic N) is 1. The van der Waals surface area contributed by atoms with Crippen molar-refractivity contribution in [2.24, 2.45) is 0 Å². The topological polar surface area (TPSA) is 108 Å². The van der Waals surface area contributed by atoms with Crippen molar-refractivity contribution in [1.82, 2.24) is 0 Å². The van der Waals surface area contributed by atoms with Crippen molar-refractivity contribution in [3.8, 4) is 0 Å². The molecule has 0 bridgehead atoms. The lowest BCUT2D eigenvalue weighted by atomic mass is 10.0. The molecule has 0 heterocycles. The molecule has 1 unspecified atom stereocenters. The molecule has 0 aromatic carbocycles. The van der Waals surface area contributed by atoms with Gasteiger partial charge in [0.25, 0.3) is 0 Å². The van der Waals surface area contributed by atoms with E-state index in [9.17, 15) is 19.0 Å². The van der Waals surface area contributed by atoms with Gasteiger partial charge in [-0.2, -0.15) is 0 Å². The fourth-order valence-electron chi connectivity index (χ4n) is 5.55. The van der Waals surface area contributed by atoms with Crippen LogP contribution in [-0.4, -0.2) is 74.9 Å². The number of allylic oxidation sites excluding steroid dienone is 6. The van der Waals surface area contributed by atoms with E-state index in [1.165, 1.54) is 83.5 Å². The van der Waals surface area contributed by atoms with Crippen LogP contribution in [0.25, 0.3) is 0 Å². The first-order chi connectivity index (χ1) is 25.5. The lowest BCUT2D eigenvalue weighted by molar-refractivity contribution is -0.870. The molecule has 0 aliphatic rings. The Morgan fingerprint density at radius 3 is 1.55 bits per heavy atom. The molecule has 0 aliphatic carbocycles. The van der Waals surface area contributed by atoms with Crippen LogP contribution in [0.1, 0.15) is 174 Å². The highest BCUT2D eigenvalue weighted by molar-refractivity contribution is 7.47. The van der Waals surface area contributed by atoms with Gasteiger partial charge in [0.05, 0.1) is 27.7 Å². The third-order valence-corrected chi connectivity index (χ3v) is 9.91. The van der Waals surface area contributed by atoms with E-state index in [1.54, 1.807) is 0 Å². The Bertz CT molecular complexity index is 1010. The number of ether oxygens (including phenoxy) is 2. The molecule has 9 nitrogen and oxygen atoms in total. The monoisotopic (exact) mass is 771 g/mol. The van der Waals surface area contributed by atoms with E-state index in [0.29, 0.717) is 23.9 Å². The average molecular weight is 771 g/mol. The number of hydrogen-bond donors (Lipinski definition) is 1. The van der Waals surface area contributed by atoms with Crippen LogP contribution in [0.3, 0.4) is 0 Å². The van der Waals surface area contributed by atoms with Gasteiger partial charge in [0.2, 0.25) is 0 Å². The van der Waals surface area contributed by atoms with Crippen molar-refractivity contribution in [3.05, 3.63) is 36.5 Å². The Morgan fingerprint density at radius 2 is 1.02 bits per heavy atom. The van der Waals surface area contributed by atoms with E-state index in [1.807, 2.05) is 21.1 Å². The van der Waals surface area contributed by atoms with E-state index >= 15 is 0 Å². The van der Waals surface area contributed by atoms with Crippen LogP contribution in [-0.2, 0) is 32.7 Å². The fourth-order valence-corrected chi connectivity index (χ4v) is 6.29. The molecule has 0 aliphatic heterocycles. The first-order valence-corrected chi connectivity index (χ1v) is 22.7. The summed E-state index contributed by atoms with van der Waals surface area (Å²) in [5, 5.41) is 0. The molecule has 1 N–H and O–H groups in total. The molecule has 0 saturated carbocycles. The minimum absolute atomic E-state index is 0.0284. The normalized spacial score (nSPS) is 14.0. The predicted molar refractivity (Wildman–Crippen MR) is 220 cm³/mol. The first-order valence-electron chi connectivity index (χ1n) is 21.2. The number of esters is 2. The van der Waals surface area contributed by atoms with Gasteiger partial charge in [-0.25, -0.2) is 4.57 Å². The van der Waals surface area contributed by atoms with Gasteiger partial charge < -0.3 is 18.9 Å². The smallest absolute Gasteiger partial charge is 0.462 e. The van der Waals surface area contributed by atoms with Crippen molar-refractivity contribution in [3.63, 3.8) is 0 Å². The van der Waals surface area contributed by atoms with Crippen molar-refractivity contribution in [1.29, 1.82) is 0 Å². The van der Waals surface area contributed by atoms with Gasteiger partial charge in [0, 0.05) is 12.8 Å². The number of hydrogen-bond acceptors (Lipinski definition) is 7. The SMILES string of the molecule is CCCCC/C=C/C/C=C/C/C=C/CCCCCCC(=O)OC[C@@H](COP(=O)(O)OCC[N+](C)(C)C)OC(=O)CCCCCCCCCCCCCC. The second-order valence-electron chi connectivity index (χ2n) is 15.4. The number of carbonyl (C=O) groups is 2. The van der Waals surface area contributed by atoms with Crippen LogP contribution in [0.2, 0.25) is 0 Å². The number of quaternary nitrogens is 1. The van der Waals surface area contributed by atoms with Gasteiger partial charge in [0.1, 0.15) is 19.8 Å². The lowest BCUT2D eigenvalue weighted by Gasteiger charge is -2.24. The molecule has 2 atom stereocenters. The maximum absolute atomic E-state index is 12.6. The molecule has 10 heteroatoms. The minimum Gasteiger partial charge on any atom is -0.462 e. The first kappa shape index (κ1) is 51.2. The van der Waals surface area contributed by atoms with Crippen LogP contribution >= 0.6 is 7.82 Å². The van der Waals surface area contributed by atoms with E-state index < -0.39 is 26.5 Å². The molecule has 0 aromatic rings. The zero-order valence-electron chi connectivity index (χ0n) is 34.7. The molecular formula is C43H81NO8P+. The second kappa shape index (κ2) is 35.9. The Morgan fingerprint density at radius 1 is 0.585 bits per heavy atom. The summed E-state index contributed by atoms with van der Waals surface area (Å²) in [6, 6.07) is 0. The molecule has 0 amide bonds. The highest BCUT2D eigenvalue weighted by atomic mass is 31.2. The summed E-state index contributed by atoms with van der Waals surface area (Å²) in [6.07, 6.45) is 39.0. The Hall–Kier alpha value is -1.77. The zero-order valence-corrected chi connectivity index (χ0v) is 35.6. The number of phosphoric acid groups is 1. The molecule has 0 saturated heterocycles. The number of unbranched alkanes of at least 4 members (excludes halogenated alkanes) is 18. The number of phosphoric ester groups is 1. The lowest BCUT2D eigenvalue weighted by Crippen LogP contribution is -2.37. The molecule has 0 radical (unpaired) electrons. The fraction of sp³-hybridized carbons (Fsp3) is 0.814. The van der Waals surface area contributed by atoms with Crippen LogP contribution in [0, 0.1) is 0 Å². The number of rotatable bonds is 38. The average Bonchev–Trinajstić information content (AvgIpc) is 3.10. The van der Waals surface area contributed by atoms with Crippen LogP contribution in [0.5, 0.6) is 0 Å². The Kier molecular flexibility index (Phi) is 34.7. The van der Waals surface area contributed by atoms with Gasteiger partial charge in [-0.15, -0.1) is 0 Å². The third-order valence-electron chi connectivity index (χ3n) is 8.92. The van der Waals surface area contributed by atoms with Crippen LogP contribution < -0.4 is 0 Å². The largest absolute Gasteiger partial charge is 0.472 e. The summed E-state index contributed by atoms with van der Waals surface area (Å²) in [5.41, 5.74) is 0. The number of carbonyl (C=O) groups excluding carboxylic acids is 2. The highest BCUT2D eigenvalue weighted by Crippen LogP contribution is 2.43.